The number of methoxy groups -OCH3 is 1. The lowest BCUT2D eigenvalue weighted by Gasteiger charge is -2.27. The molecular weight excluding hydrogens is 340 g/mol. The highest BCUT2D eigenvalue weighted by Crippen LogP contribution is 2.26. The Bertz CT molecular complexity index is 927. The number of carbonyl (C=O) groups is 1. The van der Waals surface area contributed by atoms with Crippen LogP contribution in [-0.4, -0.2) is 55.2 Å². The number of rotatable bonds is 6. The van der Waals surface area contributed by atoms with E-state index in [9.17, 15) is 4.79 Å². The van der Waals surface area contributed by atoms with Crippen LogP contribution in [0.4, 0.5) is 0 Å². The monoisotopic (exact) mass is 364 g/mol. The number of hydrogen-bond donors (Lipinski definition) is 0. The molecule has 0 radical (unpaired) electrons. The van der Waals surface area contributed by atoms with Crippen LogP contribution in [0.25, 0.3) is 10.9 Å². The highest BCUT2D eigenvalue weighted by atomic mass is 16.5. The van der Waals surface area contributed by atoms with Gasteiger partial charge in [-0.3, -0.25) is 9.69 Å². The van der Waals surface area contributed by atoms with Gasteiger partial charge in [0.05, 0.1) is 26.0 Å². The molecule has 5 nitrogen and oxygen atoms in total. The van der Waals surface area contributed by atoms with E-state index < -0.39 is 0 Å². The Labute approximate surface area is 159 Å². The Morgan fingerprint density at radius 1 is 1.04 bits per heavy atom. The summed E-state index contributed by atoms with van der Waals surface area (Å²) in [5.41, 5.74) is 2.49. The second-order valence-electron chi connectivity index (χ2n) is 6.76. The van der Waals surface area contributed by atoms with Crippen molar-refractivity contribution in [2.75, 3.05) is 40.0 Å². The third-order valence-electron chi connectivity index (χ3n) is 5.12. The van der Waals surface area contributed by atoms with Crippen LogP contribution in [0.5, 0.6) is 5.75 Å². The summed E-state index contributed by atoms with van der Waals surface area (Å²) in [5, 5.41) is 1.02. The van der Waals surface area contributed by atoms with Crippen molar-refractivity contribution < 1.29 is 14.3 Å². The minimum absolute atomic E-state index is 0.0488. The number of carbonyl (C=O) groups excluding carboxylic acids is 1. The fourth-order valence-electron chi connectivity index (χ4n) is 3.61. The maximum absolute atomic E-state index is 13.2. The smallest absolute Gasteiger partial charge is 0.209 e. The van der Waals surface area contributed by atoms with E-state index in [1.807, 2.05) is 54.6 Å². The minimum atomic E-state index is 0.0488. The van der Waals surface area contributed by atoms with E-state index in [-0.39, 0.29) is 5.78 Å². The number of ether oxygens (including phenoxy) is 2. The van der Waals surface area contributed by atoms with Gasteiger partial charge in [-0.2, -0.15) is 0 Å². The number of nitrogens with zero attached hydrogens (tertiary/aromatic N) is 2. The molecule has 4 rings (SSSR count). The van der Waals surface area contributed by atoms with Gasteiger partial charge in [0.1, 0.15) is 5.75 Å². The summed E-state index contributed by atoms with van der Waals surface area (Å²) < 4.78 is 12.9. The minimum Gasteiger partial charge on any atom is -0.497 e. The van der Waals surface area contributed by atoms with Crippen LogP contribution in [-0.2, 0) is 11.3 Å². The van der Waals surface area contributed by atoms with Crippen molar-refractivity contribution in [1.29, 1.82) is 0 Å². The Balaban J connectivity index is 1.70. The molecule has 5 heteroatoms. The molecule has 2 aromatic carbocycles. The summed E-state index contributed by atoms with van der Waals surface area (Å²) in [6.45, 7) is 5.10. The quantitative estimate of drug-likeness (QED) is 0.630. The molecule has 0 amide bonds. The first-order valence-corrected chi connectivity index (χ1v) is 9.33. The number of ketones is 1. The molecule has 0 spiro atoms. The lowest BCUT2D eigenvalue weighted by Crippen LogP contribution is -2.38. The summed E-state index contributed by atoms with van der Waals surface area (Å²) in [6, 6.07) is 17.4. The normalized spacial score (nSPS) is 15.1. The van der Waals surface area contributed by atoms with Gasteiger partial charge in [0.25, 0.3) is 0 Å². The van der Waals surface area contributed by atoms with E-state index in [2.05, 4.69) is 9.47 Å². The predicted octanol–water partition coefficient (Wildman–Crippen LogP) is 3.21. The van der Waals surface area contributed by atoms with Crippen molar-refractivity contribution in [3.05, 3.63) is 65.9 Å². The molecule has 0 saturated carbocycles. The van der Waals surface area contributed by atoms with Crippen LogP contribution in [0.2, 0.25) is 0 Å². The first-order valence-electron chi connectivity index (χ1n) is 9.33. The van der Waals surface area contributed by atoms with Crippen molar-refractivity contribution in [2.24, 2.45) is 0 Å². The van der Waals surface area contributed by atoms with Gasteiger partial charge in [-0.25, -0.2) is 0 Å². The third kappa shape index (κ3) is 3.75. The number of hydrogen-bond acceptors (Lipinski definition) is 4. The molecular formula is C22H24N2O3. The fraction of sp³-hybridized carbons (Fsp3) is 0.318. The summed E-state index contributed by atoms with van der Waals surface area (Å²) in [6.07, 6.45) is 0. The van der Waals surface area contributed by atoms with Gasteiger partial charge in [0.2, 0.25) is 5.78 Å². The maximum Gasteiger partial charge on any atom is 0.209 e. The van der Waals surface area contributed by atoms with Crippen molar-refractivity contribution in [3.63, 3.8) is 0 Å². The number of morpholine rings is 1. The standard InChI is InChI=1S/C22H24N2O3/c1-26-19-7-8-20-18(15-19)16-21(22(25)17-5-3-2-4-6-17)24(20)10-9-23-11-13-27-14-12-23/h2-8,15-16H,9-14H2,1H3. The van der Waals surface area contributed by atoms with Crippen LogP contribution in [0, 0.1) is 0 Å². The summed E-state index contributed by atoms with van der Waals surface area (Å²) >= 11 is 0. The van der Waals surface area contributed by atoms with Crippen LogP contribution in [0.3, 0.4) is 0 Å². The third-order valence-corrected chi connectivity index (χ3v) is 5.12. The maximum atomic E-state index is 13.2. The molecule has 2 heterocycles. The van der Waals surface area contributed by atoms with Gasteiger partial charge in [-0.05, 0) is 24.3 Å². The Kier molecular flexibility index (Phi) is 5.23. The summed E-state index contributed by atoms with van der Waals surface area (Å²) in [4.78, 5) is 15.5. The predicted molar refractivity (Wildman–Crippen MR) is 106 cm³/mol. The largest absolute Gasteiger partial charge is 0.497 e. The van der Waals surface area contributed by atoms with Crippen molar-refractivity contribution in [3.8, 4) is 5.75 Å². The van der Waals surface area contributed by atoms with Gasteiger partial charge in [0, 0.05) is 42.6 Å². The first-order chi connectivity index (χ1) is 13.3. The zero-order valence-electron chi connectivity index (χ0n) is 15.6. The van der Waals surface area contributed by atoms with E-state index in [4.69, 9.17) is 9.47 Å². The molecule has 1 aliphatic heterocycles. The SMILES string of the molecule is COc1ccc2c(c1)cc(C(=O)c1ccccc1)n2CCN1CCOCC1. The number of benzene rings is 2. The number of fused-ring (bicyclic) bond motifs is 1. The second-order valence-corrected chi connectivity index (χ2v) is 6.76. The molecule has 27 heavy (non-hydrogen) atoms. The fourth-order valence-corrected chi connectivity index (χ4v) is 3.61. The summed E-state index contributed by atoms with van der Waals surface area (Å²) in [5.74, 6) is 0.847. The highest BCUT2D eigenvalue weighted by molar-refractivity contribution is 6.10. The topological polar surface area (TPSA) is 43.7 Å². The summed E-state index contributed by atoms with van der Waals surface area (Å²) in [7, 11) is 1.66. The molecule has 0 bridgehead atoms. The number of aromatic nitrogens is 1. The zero-order valence-corrected chi connectivity index (χ0v) is 15.6. The van der Waals surface area contributed by atoms with E-state index in [0.717, 1.165) is 61.7 Å². The Morgan fingerprint density at radius 2 is 1.81 bits per heavy atom. The average Bonchev–Trinajstić information content (AvgIpc) is 3.10. The van der Waals surface area contributed by atoms with Gasteiger partial charge in [-0.15, -0.1) is 0 Å². The molecule has 0 aliphatic carbocycles. The first kappa shape index (κ1) is 17.8. The van der Waals surface area contributed by atoms with Crippen LogP contribution >= 0.6 is 0 Å². The molecule has 0 N–H and O–H groups in total. The highest BCUT2D eigenvalue weighted by Gasteiger charge is 2.19. The van der Waals surface area contributed by atoms with Gasteiger partial charge in [-0.1, -0.05) is 30.3 Å². The van der Waals surface area contributed by atoms with E-state index in [1.54, 1.807) is 7.11 Å². The molecule has 1 saturated heterocycles. The Hall–Kier alpha value is -2.63. The van der Waals surface area contributed by atoms with Gasteiger partial charge in [0.15, 0.2) is 0 Å². The molecule has 1 aromatic heterocycles. The molecule has 0 atom stereocenters. The van der Waals surface area contributed by atoms with E-state index in [1.165, 1.54) is 0 Å². The average molecular weight is 364 g/mol. The van der Waals surface area contributed by atoms with E-state index >= 15 is 0 Å². The molecule has 3 aromatic rings. The molecule has 1 fully saturated rings. The molecule has 140 valence electrons. The van der Waals surface area contributed by atoms with Crippen LogP contribution in [0.15, 0.2) is 54.6 Å². The van der Waals surface area contributed by atoms with Crippen molar-refractivity contribution >= 4 is 16.7 Å². The van der Waals surface area contributed by atoms with Crippen molar-refractivity contribution in [1.82, 2.24) is 9.47 Å². The Morgan fingerprint density at radius 3 is 2.56 bits per heavy atom. The van der Waals surface area contributed by atoms with Gasteiger partial charge >= 0.3 is 0 Å². The lowest BCUT2D eigenvalue weighted by atomic mass is 10.1. The van der Waals surface area contributed by atoms with Gasteiger partial charge < -0.3 is 14.0 Å². The van der Waals surface area contributed by atoms with E-state index in [0.29, 0.717) is 5.56 Å². The van der Waals surface area contributed by atoms with Crippen LogP contribution < -0.4 is 4.74 Å². The second kappa shape index (κ2) is 7.94. The molecule has 0 unspecified atom stereocenters. The van der Waals surface area contributed by atoms with Crippen molar-refractivity contribution in [2.45, 2.75) is 6.54 Å². The zero-order chi connectivity index (χ0) is 18.6. The van der Waals surface area contributed by atoms with Crippen LogP contribution in [0.1, 0.15) is 16.1 Å². The molecule has 1 aliphatic rings. The lowest BCUT2D eigenvalue weighted by molar-refractivity contribution is 0.0364.